The van der Waals surface area contributed by atoms with Crippen LogP contribution in [0.3, 0.4) is 0 Å². The third kappa shape index (κ3) is 2.87. The summed E-state index contributed by atoms with van der Waals surface area (Å²) < 4.78 is 2.59. The molecule has 1 unspecified atom stereocenters. The fourth-order valence-corrected chi connectivity index (χ4v) is 4.29. The Morgan fingerprint density at radius 1 is 1.16 bits per heavy atom. The van der Waals surface area contributed by atoms with E-state index in [1.807, 2.05) is 12.4 Å². The van der Waals surface area contributed by atoms with Gasteiger partial charge < -0.3 is 4.57 Å². The first-order valence-electron chi connectivity index (χ1n) is 9.25. The largest absolute Gasteiger partial charge is 0.344 e. The Balaban J connectivity index is 1.83. The number of hydrogen-bond donors (Lipinski definition) is 0. The lowest BCUT2D eigenvalue weighted by Gasteiger charge is -2.31. The van der Waals surface area contributed by atoms with Crippen LogP contribution in [-0.2, 0) is 25.9 Å². The Morgan fingerprint density at radius 2 is 1.92 bits per heavy atom. The first-order valence-corrected chi connectivity index (χ1v) is 9.25. The van der Waals surface area contributed by atoms with Crippen molar-refractivity contribution in [1.29, 1.82) is 0 Å². The molecule has 0 bridgehead atoms. The highest BCUT2D eigenvalue weighted by Crippen LogP contribution is 2.35. The molecule has 4 rings (SSSR count). The molecule has 1 aliphatic heterocycles. The van der Waals surface area contributed by atoms with Crippen molar-refractivity contribution in [3.8, 4) is 0 Å². The van der Waals surface area contributed by atoms with Gasteiger partial charge in [0, 0.05) is 54.5 Å². The molecule has 0 N–H and O–H groups in total. The van der Waals surface area contributed by atoms with Gasteiger partial charge in [-0.25, -0.2) is 0 Å². The summed E-state index contributed by atoms with van der Waals surface area (Å²) in [6, 6.07) is 9.56. The van der Waals surface area contributed by atoms with E-state index < -0.39 is 0 Å². The summed E-state index contributed by atoms with van der Waals surface area (Å²) in [5.41, 5.74) is 8.63. The molecular formula is C22H27N3. The molecule has 3 heteroatoms. The number of pyridine rings is 1. The molecule has 0 spiro atoms. The lowest BCUT2D eigenvalue weighted by molar-refractivity contribution is 0.228. The van der Waals surface area contributed by atoms with E-state index in [1.165, 1.54) is 27.6 Å². The van der Waals surface area contributed by atoms with Gasteiger partial charge in [0.2, 0.25) is 0 Å². The molecule has 3 aromatic rings. The van der Waals surface area contributed by atoms with E-state index >= 15 is 0 Å². The van der Waals surface area contributed by atoms with Gasteiger partial charge in [0.15, 0.2) is 0 Å². The number of nitrogens with zero attached hydrogens (tertiary/aromatic N) is 3. The average molecular weight is 333 g/mol. The minimum absolute atomic E-state index is 0.595. The average Bonchev–Trinajstić information content (AvgIpc) is 2.87. The first kappa shape index (κ1) is 16.3. The Bertz CT molecular complexity index is 908. The predicted octanol–water partition coefficient (Wildman–Crippen LogP) is 4.27. The molecule has 1 atom stereocenters. The summed E-state index contributed by atoms with van der Waals surface area (Å²) in [5, 5.41) is 1.48. The van der Waals surface area contributed by atoms with E-state index in [-0.39, 0.29) is 0 Å². The van der Waals surface area contributed by atoms with E-state index in [1.54, 1.807) is 11.3 Å². The molecule has 0 aliphatic carbocycles. The van der Waals surface area contributed by atoms with Crippen molar-refractivity contribution in [2.75, 3.05) is 7.05 Å². The molecule has 1 aliphatic rings. The fourth-order valence-electron chi connectivity index (χ4n) is 4.29. The fraction of sp³-hybridized carbons (Fsp3) is 0.409. The van der Waals surface area contributed by atoms with E-state index in [9.17, 15) is 0 Å². The normalized spacial score (nSPS) is 17.8. The van der Waals surface area contributed by atoms with Crippen LogP contribution < -0.4 is 0 Å². The van der Waals surface area contributed by atoms with Crippen LogP contribution in [0.4, 0.5) is 0 Å². The number of aryl methyl sites for hydroxylation is 4. The van der Waals surface area contributed by atoms with Crippen molar-refractivity contribution in [2.45, 2.75) is 52.7 Å². The number of rotatable bonds is 3. The molecule has 1 aromatic carbocycles. The zero-order valence-electron chi connectivity index (χ0n) is 15.7. The quantitative estimate of drug-likeness (QED) is 0.713. The third-order valence-electron chi connectivity index (χ3n) is 5.75. The van der Waals surface area contributed by atoms with Gasteiger partial charge in [-0.2, -0.15) is 0 Å². The minimum atomic E-state index is 0.595. The summed E-state index contributed by atoms with van der Waals surface area (Å²) in [6.45, 7) is 8.90. The van der Waals surface area contributed by atoms with Crippen LogP contribution in [0.25, 0.3) is 10.9 Å². The van der Waals surface area contributed by atoms with E-state index in [0.29, 0.717) is 6.04 Å². The van der Waals surface area contributed by atoms with Gasteiger partial charge in [-0.3, -0.25) is 9.88 Å². The summed E-state index contributed by atoms with van der Waals surface area (Å²) in [5.74, 6) is 0. The molecule has 2 aromatic heterocycles. The summed E-state index contributed by atoms with van der Waals surface area (Å²) in [4.78, 5) is 6.62. The van der Waals surface area contributed by atoms with Crippen LogP contribution in [0.2, 0.25) is 0 Å². The van der Waals surface area contributed by atoms with Crippen LogP contribution in [-0.4, -0.2) is 27.5 Å². The zero-order valence-corrected chi connectivity index (χ0v) is 15.7. The lowest BCUT2D eigenvalue weighted by Crippen LogP contribution is -2.35. The maximum absolute atomic E-state index is 4.14. The van der Waals surface area contributed by atoms with E-state index in [4.69, 9.17) is 0 Å². The molecule has 0 saturated heterocycles. The second kappa shape index (κ2) is 6.30. The van der Waals surface area contributed by atoms with Gasteiger partial charge in [-0.1, -0.05) is 6.07 Å². The standard InChI is InChI=1S/C22H27N3/c1-15-11-16(2)22-19-14-24(4)17(3)13-20(19)25(21(22)12-15)10-7-18-5-8-23-9-6-18/h5-6,8-9,11-12,17H,7,10,13-14H2,1-4H3. The summed E-state index contributed by atoms with van der Waals surface area (Å²) >= 11 is 0. The van der Waals surface area contributed by atoms with Crippen molar-refractivity contribution in [3.05, 3.63) is 64.6 Å². The van der Waals surface area contributed by atoms with Crippen molar-refractivity contribution in [3.63, 3.8) is 0 Å². The predicted molar refractivity (Wildman–Crippen MR) is 104 cm³/mol. The number of fused-ring (bicyclic) bond motifs is 3. The highest BCUT2D eigenvalue weighted by atomic mass is 15.1. The summed E-state index contributed by atoms with van der Waals surface area (Å²) in [6.07, 6.45) is 5.97. The summed E-state index contributed by atoms with van der Waals surface area (Å²) in [7, 11) is 2.25. The highest BCUT2D eigenvalue weighted by Gasteiger charge is 2.27. The number of benzene rings is 1. The highest BCUT2D eigenvalue weighted by molar-refractivity contribution is 5.89. The third-order valence-corrected chi connectivity index (χ3v) is 5.75. The van der Waals surface area contributed by atoms with Gasteiger partial charge in [0.25, 0.3) is 0 Å². The second-order valence-corrected chi connectivity index (χ2v) is 7.63. The van der Waals surface area contributed by atoms with Crippen LogP contribution in [0.1, 0.15) is 34.9 Å². The SMILES string of the molecule is Cc1cc(C)c2c3c(n(CCc4ccncc4)c2c1)CC(C)N(C)C3. The molecule has 0 saturated carbocycles. The Kier molecular flexibility index (Phi) is 4.12. The Hall–Kier alpha value is -2.13. The van der Waals surface area contributed by atoms with Crippen molar-refractivity contribution < 1.29 is 0 Å². The first-order chi connectivity index (χ1) is 12.0. The second-order valence-electron chi connectivity index (χ2n) is 7.63. The Morgan fingerprint density at radius 3 is 2.68 bits per heavy atom. The molecular weight excluding hydrogens is 306 g/mol. The van der Waals surface area contributed by atoms with Crippen LogP contribution >= 0.6 is 0 Å². The van der Waals surface area contributed by atoms with Crippen molar-refractivity contribution >= 4 is 10.9 Å². The van der Waals surface area contributed by atoms with Crippen LogP contribution in [0, 0.1) is 13.8 Å². The van der Waals surface area contributed by atoms with Crippen molar-refractivity contribution in [1.82, 2.24) is 14.5 Å². The zero-order chi connectivity index (χ0) is 17.6. The molecule has 3 nitrogen and oxygen atoms in total. The van der Waals surface area contributed by atoms with E-state index in [0.717, 1.165) is 25.9 Å². The monoisotopic (exact) mass is 333 g/mol. The lowest BCUT2D eigenvalue weighted by atomic mass is 9.97. The molecule has 0 fully saturated rings. The van der Waals surface area contributed by atoms with Gasteiger partial charge in [0.05, 0.1) is 0 Å². The number of likely N-dealkylation sites (N-methyl/N-ethyl adjacent to an activating group) is 1. The number of hydrogen-bond acceptors (Lipinski definition) is 2. The Labute approximate surface area is 150 Å². The molecule has 130 valence electrons. The smallest absolute Gasteiger partial charge is 0.0491 e. The van der Waals surface area contributed by atoms with Gasteiger partial charge in [0.1, 0.15) is 0 Å². The van der Waals surface area contributed by atoms with Gasteiger partial charge >= 0.3 is 0 Å². The van der Waals surface area contributed by atoms with Crippen LogP contribution in [0.15, 0.2) is 36.7 Å². The molecule has 0 amide bonds. The molecule has 25 heavy (non-hydrogen) atoms. The van der Waals surface area contributed by atoms with Crippen LogP contribution in [0.5, 0.6) is 0 Å². The number of aromatic nitrogens is 2. The minimum Gasteiger partial charge on any atom is -0.344 e. The van der Waals surface area contributed by atoms with Crippen molar-refractivity contribution in [2.24, 2.45) is 0 Å². The van der Waals surface area contributed by atoms with Gasteiger partial charge in [-0.05, 0) is 74.7 Å². The topological polar surface area (TPSA) is 21.1 Å². The van der Waals surface area contributed by atoms with Gasteiger partial charge in [-0.15, -0.1) is 0 Å². The molecule has 3 heterocycles. The maximum Gasteiger partial charge on any atom is 0.0491 e. The van der Waals surface area contributed by atoms with E-state index in [2.05, 4.69) is 66.5 Å². The molecule has 0 radical (unpaired) electrons. The maximum atomic E-state index is 4.14.